The normalized spacial score (nSPS) is 10.2. The molecule has 1 heterocycles. The predicted octanol–water partition coefficient (Wildman–Crippen LogP) is 1.99. The van der Waals surface area contributed by atoms with Crippen molar-refractivity contribution in [1.82, 2.24) is 9.78 Å². The van der Waals surface area contributed by atoms with Gasteiger partial charge in [0.05, 0.1) is 12.8 Å². The van der Waals surface area contributed by atoms with Crippen LogP contribution in [0.5, 0.6) is 0 Å². The zero-order valence-corrected chi connectivity index (χ0v) is 11.6. The molecular weight excluding hydrogens is 277 g/mol. The zero-order chi connectivity index (χ0) is 15.4. The van der Waals surface area contributed by atoms with Gasteiger partial charge in [0.25, 0.3) is 5.91 Å². The van der Waals surface area contributed by atoms with E-state index < -0.39 is 17.7 Å². The molecule has 0 radical (unpaired) electrons. The molecule has 0 aliphatic carbocycles. The van der Waals surface area contributed by atoms with Crippen LogP contribution in [0.3, 0.4) is 0 Å². The minimum absolute atomic E-state index is 0.143. The number of aromatic nitrogens is 2. The summed E-state index contributed by atoms with van der Waals surface area (Å²) in [6.45, 7) is 1.89. The Balaban J connectivity index is 2.25. The number of nitrogens with zero attached hydrogens (tertiary/aromatic N) is 2. The van der Waals surface area contributed by atoms with Crippen molar-refractivity contribution in [2.24, 2.45) is 7.05 Å². The molecule has 1 N–H and O–H groups in total. The van der Waals surface area contributed by atoms with Gasteiger partial charge in [-0.2, -0.15) is 5.10 Å². The third-order valence-corrected chi connectivity index (χ3v) is 2.75. The van der Waals surface area contributed by atoms with Crippen molar-refractivity contribution in [3.05, 3.63) is 47.4 Å². The lowest BCUT2D eigenvalue weighted by atomic mass is 10.2. The predicted molar refractivity (Wildman–Crippen MR) is 73.5 cm³/mol. The van der Waals surface area contributed by atoms with Gasteiger partial charge in [0.1, 0.15) is 17.2 Å². The van der Waals surface area contributed by atoms with Crippen LogP contribution in [0.2, 0.25) is 0 Å². The van der Waals surface area contributed by atoms with E-state index in [0.29, 0.717) is 0 Å². The van der Waals surface area contributed by atoms with Crippen molar-refractivity contribution >= 4 is 17.7 Å². The van der Waals surface area contributed by atoms with Crippen molar-refractivity contribution in [1.29, 1.82) is 0 Å². The summed E-state index contributed by atoms with van der Waals surface area (Å²) in [5, 5.41) is 6.45. The molecule has 0 saturated heterocycles. The highest BCUT2D eigenvalue weighted by Crippen LogP contribution is 2.17. The number of esters is 1. The van der Waals surface area contributed by atoms with Gasteiger partial charge in [-0.1, -0.05) is 6.07 Å². The second kappa shape index (κ2) is 6.17. The Bertz CT molecular complexity index is 682. The van der Waals surface area contributed by atoms with E-state index in [1.165, 1.54) is 29.1 Å². The van der Waals surface area contributed by atoms with Crippen LogP contribution in [0, 0.1) is 5.82 Å². The standard InChI is InChI=1S/C14H14FN3O3/c1-3-21-14(20)11-8-16-18(2)12(11)17-13(19)9-5-4-6-10(15)7-9/h4-8H,3H2,1-2H3,(H,17,19). The summed E-state index contributed by atoms with van der Waals surface area (Å²) in [5.74, 6) is -1.44. The topological polar surface area (TPSA) is 73.2 Å². The first-order chi connectivity index (χ1) is 10.0. The first-order valence-corrected chi connectivity index (χ1v) is 6.29. The zero-order valence-electron chi connectivity index (χ0n) is 11.6. The number of aryl methyl sites for hydroxylation is 1. The third kappa shape index (κ3) is 3.25. The Hall–Kier alpha value is -2.70. The van der Waals surface area contributed by atoms with Crippen molar-refractivity contribution in [2.45, 2.75) is 6.92 Å². The Morgan fingerprint density at radius 2 is 2.19 bits per heavy atom. The maximum atomic E-state index is 13.1. The van der Waals surface area contributed by atoms with Crippen LogP contribution >= 0.6 is 0 Å². The van der Waals surface area contributed by atoms with Crippen molar-refractivity contribution < 1.29 is 18.7 Å². The van der Waals surface area contributed by atoms with Gasteiger partial charge in [-0.3, -0.25) is 9.48 Å². The maximum Gasteiger partial charge on any atom is 0.343 e. The Labute approximate surface area is 120 Å². The molecule has 7 heteroatoms. The average Bonchev–Trinajstić information content (AvgIpc) is 2.80. The molecule has 1 aromatic carbocycles. The van der Waals surface area contributed by atoms with Gasteiger partial charge >= 0.3 is 5.97 Å². The lowest BCUT2D eigenvalue weighted by Gasteiger charge is -2.08. The highest BCUT2D eigenvalue weighted by molar-refractivity contribution is 6.07. The Kier molecular flexibility index (Phi) is 4.32. The molecule has 1 amide bonds. The molecule has 110 valence electrons. The van der Waals surface area contributed by atoms with E-state index in [1.807, 2.05) is 0 Å². The van der Waals surface area contributed by atoms with Gasteiger partial charge in [-0.15, -0.1) is 0 Å². The fourth-order valence-corrected chi connectivity index (χ4v) is 1.75. The molecule has 0 fully saturated rings. The van der Waals surface area contributed by atoms with Crippen LogP contribution in [-0.4, -0.2) is 28.3 Å². The average molecular weight is 291 g/mol. The van der Waals surface area contributed by atoms with E-state index >= 15 is 0 Å². The molecule has 6 nitrogen and oxygen atoms in total. The van der Waals surface area contributed by atoms with Gasteiger partial charge in [-0.25, -0.2) is 9.18 Å². The summed E-state index contributed by atoms with van der Waals surface area (Å²) in [5.41, 5.74) is 0.287. The Morgan fingerprint density at radius 1 is 1.43 bits per heavy atom. The molecule has 2 rings (SSSR count). The second-order valence-corrected chi connectivity index (χ2v) is 4.22. The number of halogens is 1. The quantitative estimate of drug-likeness (QED) is 0.874. The number of hydrogen-bond donors (Lipinski definition) is 1. The number of carbonyl (C=O) groups is 2. The van der Waals surface area contributed by atoms with E-state index in [0.717, 1.165) is 6.07 Å². The van der Waals surface area contributed by atoms with Crippen LogP contribution in [-0.2, 0) is 11.8 Å². The number of benzene rings is 1. The smallest absolute Gasteiger partial charge is 0.343 e. The highest BCUT2D eigenvalue weighted by atomic mass is 19.1. The van der Waals surface area contributed by atoms with Gasteiger partial charge in [0.15, 0.2) is 0 Å². The fraction of sp³-hybridized carbons (Fsp3) is 0.214. The van der Waals surface area contributed by atoms with Crippen LogP contribution < -0.4 is 5.32 Å². The number of anilines is 1. The van der Waals surface area contributed by atoms with Crippen LogP contribution in [0.1, 0.15) is 27.6 Å². The SMILES string of the molecule is CCOC(=O)c1cnn(C)c1NC(=O)c1cccc(F)c1. The number of carbonyl (C=O) groups excluding carboxylic acids is 2. The maximum absolute atomic E-state index is 13.1. The molecular formula is C14H14FN3O3. The van der Waals surface area contributed by atoms with Crippen molar-refractivity contribution in [2.75, 3.05) is 11.9 Å². The lowest BCUT2D eigenvalue weighted by molar-refractivity contribution is 0.0527. The summed E-state index contributed by atoms with van der Waals surface area (Å²) in [4.78, 5) is 23.8. The molecule has 0 aliphatic rings. The van der Waals surface area contributed by atoms with Crippen molar-refractivity contribution in [3.8, 4) is 0 Å². The largest absolute Gasteiger partial charge is 0.462 e. The monoisotopic (exact) mass is 291 g/mol. The van der Waals surface area contributed by atoms with Crippen LogP contribution in [0.4, 0.5) is 10.2 Å². The lowest BCUT2D eigenvalue weighted by Crippen LogP contribution is -2.17. The minimum Gasteiger partial charge on any atom is -0.462 e. The first-order valence-electron chi connectivity index (χ1n) is 6.29. The molecule has 0 aliphatic heterocycles. The number of nitrogens with one attached hydrogen (secondary N) is 1. The number of ether oxygens (including phenoxy) is 1. The van der Waals surface area contributed by atoms with Gasteiger partial charge in [0.2, 0.25) is 0 Å². The summed E-state index contributed by atoms with van der Waals surface area (Å²) in [7, 11) is 1.57. The minimum atomic E-state index is -0.583. The summed E-state index contributed by atoms with van der Waals surface area (Å²) >= 11 is 0. The summed E-state index contributed by atoms with van der Waals surface area (Å²) < 4.78 is 19.3. The number of hydrogen-bond acceptors (Lipinski definition) is 4. The first kappa shape index (κ1) is 14.7. The number of rotatable bonds is 4. The van der Waals surface area contributed by atoms with Gasteiger partial charge in [-0.05, 0) is 25.1 Å². The molecule has 0 atom stereocenters. The van der Waals surface area contributed by atoms with Crippen molar-refractivity contribution in [3.63, 3.8) is 0 Å². The molecule has 0 unspecified atom stereocenters. The Morgan fingerprint density at radius 3 is 2.86 bits per heavy atom. The molecule has 0 saturated carbocycles. The van der Waals surface area contributed by atoms with Crippen LogP contribution in [0.15, 0.2) is 30.5 Å². The summed E-state index contributed by atoms with van der Waals surface area (Å²) in [6.07, 6.45) is 1.30. The van der Waals surface area contributed by atoms with Gasteiger partial charge in [0, 0.05) is 12.6 Å². The molecule has 2 aromatic rings. The van der Waals surface area contributed by atoms with Crippen LogP contribution in [0.25, 0.3) is 0 Å². The van der Waals surface area contributed by atoms with Gasteiger partial charge < -0.3 is 10.1 Å². The molecule has 1 aromatic heterocycles. The second-order valence-electron chi connectivity index (χ2n) is 4.22. The molecule has 0 bridgehead atoms. The van der Waals surface area contributed by atoms with E-state index in [2.05, 4.69) is 10.4 Å². The molecule has 0 spiro atoms. The van der Waals surface area contributed by atoms with E-state index in [4.69, 9.17) is 4.74 Å². The molecule has 21 heavy (non-hydrogen) atoms. The highest BCUT2D eigenvalue weighted by Gasteiger charge is 2.19. The fourth-order valence-electron chi connectivity index (χ4n) is 1.75. The number of amides is 1. The third-order valence-electron chi connectivity index (χ3n) is 2.75. The van der Waals surface area contributed by atoms with E-state index in [9.17, 15) is 14.0 Å². The summed E-state index contributed by atoms with van der Waals surface area (Å²) in [6, 6.07) is 5.25. The van der Waals surface area contributed by atoms with E-state index in [-0.39, 0.29) is 23.6 Å². The van der Waals surface area contributed by atoms with E-state index in [1.54, 1.807) is 14.0 Å².